The topological polar surface area (TPSA) is 143 Å². The number of nitrogens with zero attached hydrogens (tertiary/aromatic N) is 2. The Morgan fingerprint density at radius 2 is 1.32 bits per heavy atom. The highest BCUT2D eigenvalue weighted by atomic mass is 79.9. The fourth-order valence-corrected chi connectivity index (χ4v) is 8.00. The predicted molar refractivity (Wildman–Crippen MR) is 218 cm³/mol. The molecule has 6 rings (SSSR count). The van der Waals surface area contributed by atoms with Gasteiger partial charge in [-0.3, -0.25) is 4.79 Å². The van der Waals surface area contributed by atoms with Gasteiger partial charge in [0.05, 0.1) is 24.8 Å². The van der Waals surface area contributed by atoms with E-state index in [0.29, 0.717) is 31.5 Å². The van der Waals surface area contributed by atoms with E-state index in [1.54, 1.807) is 21.9 Å². The minimum absolute atomic E-state index is 0.0721. The molecular formula is C43H48Br2FN3O7. The number of carbonyl (C=O) groups excluding carboxylic acids is 3. The van der Waals surface area contributed by atoms with Gasteiger partial charge in [0.25, 0.3) is 0 Å². The Bertz CT molecular complexity index is 1920. The second-order valence-corrected chi connectivity index (χ2v) is 16.0. The molecule has 10 nitrogen and oxygen atoms in total. The maximum Gasteiger partial charge on any atom is 0.411 e. The van der Waals surface area contributed by atoms with E-state index in [-0.39, 0.29) is 43.8 Å². The van der Waals surface area contributed by atoms with Crippen LogP contribution in [0.2, 0.25) is 0 Å². The highest BCUT2D eigenvalue weighted by Crippen LogP contribution is 2.42. The third-order valence-electron chi connectivity index (χ3n) is 10.6. The van der Waals surface area contributed by atoms with Crippen molar-refractivity contribution in [3.63, 3.8) is 0 Å². The number of aliphatic hydroxyl groups is 2. The molecule has 4 N–H and O–H groups in total. The molecule has 4 aromatic rings. The van der Waals surface area contributed by atoms with Crippen LogP contribution in [0.15, 0.2) is 112 Å². The van der Waals surface area contributed by atoms with Gasteiger partial charge in [-0.25, -0.2) is 14.0 Å². The summed E-state index contributed by atoms with van der Waals surface area (Å²) in [7, 11) is 0. The third kappa shape index (κ3) is 10.4. The van der Waals surface area contributed by atoms with E-state index in [0.717, 1.165) is 32.1 Å². The highest BCUT2D eigenvalue weighted by Gasteiger charge is 2.46. The predicted octanol–water partition coefficient (Wildman–Crippen LogP) is 9.03. The number of cyclic esters (lactones) is 2. The quantitative estimate of drug-likeness (QED) is 0.122. The number of amides is 3. The zero-order valence-corrected chi connectivity index (χ0v) is 34.6. The van der Waals surface area contributed by atoms with Gasteiger partial charge in [0.1, 0.15) is 17.0 Å². The molecule has 2 aliphatic heterocycles. The zero-order valence-electron chi connectivity index (χ0n) is 31.5. The number of primary amides is 1. The number of benzene rings is 4. The number of nitrogens with two attached hydrogens (primary N) is 1. The summed E-state index contributed by atoms with van der Waals surface area (Å²) < 4.78 is 27.2. The van der Waals surface area contributed by atoms with Crippen LogP contribution >= 0.6 is 31.9 Å². The van der Waals surface area contributed by atoms with Crippen molar-refractivity contribution in [2.24, 2.45) is 5.73 Å². The Balaban J connectivity index is 0.000000214. The monoisotopic (exact) mass is 895 g/mol. The lowest BCUT2D eigenvalue weighted by molar-refractivity contribution is -0.121. The van der Waals surface area contributed by atoms with Crippen molar-refractivity contribution in [3.05, 3.63) is 140 Å². The van der Waals surface area contributed by atoms with Crippen molar-refractivity contribution >= 4 is 50.0 Å². The lowest BCUT2D eigenvalue weighted by Gasteiger charge is -2.44. The lowest BCUT2D eigenvalue weighted by Crippen LogP contribution is -2.50. The van der Waals surface area contributed by atoms with E-state index in [2.05, 4.69) is 38.8 Å². The number of rotatable bonds is 13. The molecule has 4 aromatic carbocycles. The lowest BCUT2D eigenvalue weighted by atomic mass is 9.83. The van der Waals surface area contributed by atoms with Crippen molar-refractivity contribution in [2.75, 3.05) is 19.7 Å². The SMILES string of the molecule is CC(c1ccc(Br)cc1)N1CCC(CCC(N)=O)(c2ccc(F)cc2)OC1=O.CCC(c1ccc(Br)cc1)N1CCC(CC(O)CO)(c2ccccc2)OC1=O. The van der Waals surface area contributed by atoms with Gasteiger partial charge in [-0.1, -0.05) is 106 Å². The van der Waals surface area contributed by atoms with Crippen molar-refractivity contribution in [1.29, 1.82) is 0 Å². The van der Waals surface area contributed by atoms with Gasteiger partial charge in [0, 0.05) is 54.1 Å². The summed E-state index contributed by atoms with van der Waals surface area (Å²) in [6.07, 6.45) is 0.508. The second kappa shape index (κ2) is 19.2. The molecule has 0 bridgehead atoms. The van der Waals surface area contributed by atoms with Crippen LogP contribution in [0, 0.1) is 5.82 Å². The average Bonchev–Trinajstić information content (AvgIpc) is 3.19. The van der Waals surface area contributed by atoms with Crippen molar-refractivity contribution in [2.45, 2.75) is 81.8 Å². The molecule has 0 aromatic heterocycles. The Labute approximate surface area is 344 Å². The van der Waals surface area contributed by atoms with Crippen LogP contribution < -0.4 is 5.73 Å². The number of hydrogen-bond acceptors (Lipinski definition) is 7. The van der Waals surface area contributed by atoms with Crippen LogP contribution in [0.4, 0.5) is 14.0 Å². The molecule has 2 aliphatic rings. The fourth-order valence-electron chi connectivity index (χ4n) is 7.47. The Morgan fingerprint density at radius 1 is 0.804 bits per heavy atom. The first-order valence-electron chi connectivity index (χ1n) is 18.7. The first-order chi connectivity index (χ1) is 26.8. The molecule has 2 fully saturated rings. The number of carbonyl (C=O) groups is 3. The summed E-state index contributed by atoms with van der Waals surface area (Å²) in [6.45, 7) is 4.59. The Kier molecular flexibility index (Phi) is 14.7. The van der Waals surface area contributed by atoms with Crippen molar-refractivity contribution in [3.8, 4) is 0 Å². The standard InChI is InChI=1S/C22H26BrNO4.C21H22BrFN2O3/c1-2-20(16-8-10-18(23)11-9-16)24-13-12-22(28-21(24)27,14-19(26)15-25)17-6-4-3-5-7-17;1-14(15-2-6-17(22)7-3-15)25-13-12-21(28-20(25)27,11-10-19(24)26)16-4-8-18(23)9-5-16/h3-11,19-20,25-26H,2,12-15H2,1H3;2-9,14H,10-13H2,1H3,(H2,24,26). The molecule has 0 aliphatic carbocycles. The van der Waals surface area contributed by atoms with Crippen LogP contribution in [0.5, 0.6) is 0 Å². The molecule has 0 radical (unpaired) electrons. The molecule has 2 heterocycles. The van der Waals surface area contributed by atoms with Gasteiger partial charge in [-0.05, 0) is 72.0 Å². The van der Waals surface area contributed by atoms with Gasteiger partial charge in [-0.15, -0.1) is 0 Å². The maximum atomic E-state index is 13.4. The summed E-state index contributed by atoms with van der Waals surface area (Å²) in [6, 6.07) is 30.8. The van der Waals surface area contributed by atoms with Gasteiger partial charge in [-0.2, -0.15) is 0 Å². The molecule has 56 heavy (non-hydrogen) atoms. The first kappa shape index (κ1) is 42.8. The van der Waals surface area contributed by atoms with E-state index < -0.39 is 35.4 Å². The average molecular weight is 898 g/mol. The smallest absolute Gasteiger partial charge is 0.411 e. The van der Waals surface area contributed by atoms with Crippen molar-refractivity contribution < 1.29 is 38.5 Å². The van der Waals surface area contributed by atoms with E-state index in [1.807, 2.05) is 85.8 Å². The summed E-state index contributed by atoms with van der Waals surface area (Å²) in [5.74, 6) is -0.843. The number of aliphatic hydroxyl groups excluding tert-OH is 2. The van der Waals surface area contributed by atoms with Gasteiger partial charge < -0.3 is 35.2 Å². The molecular weight excluding hydrogens is 849 g/mol. The summed E-state index contributed by atoms with van der Waals surface area (Å²) >= 11 is 6.85. The molecule has 5 unspecified atom stereocenters. The summed E-state index contributed by atoms with van der Waals surface area (Å²) in [5, 5.41) is 19.4. The normalized spacial score (nSPS) is 21.2. The molecule has 5 atom stereocenters. The maximum absolute atomic E-state index is 13.4. The highest BCUT2D eigenvalue weighted by molar-refractivity contribution is 9.10. The Morgan fingerprint density at radius 3 is 1.86 bits per heavy atom. The van der Waals surface area contributed by atoms with Crippen molar-refractivity contribution in [1.82, 2.24) is 9.80 Å². The van der Waals surface area contributed by atoms with Crippen LogP contribution in [-0.2, 0) is 25.5 Å². The van der Waals surface area contributed by atoms with E-state index in [9.17, 15) is 29.0 Å². The summed E-state index contributed by atoms with van der Waals surface area (Å²) in [4.78, 5) is 40.7. The van der Waals surface area contributed by atoms with Crippen LogP contribution in [0.3, 0.4) is 0 Å². The zero-order chi connectivity index (χ0) is 40.5. The molecule has 0 spiro atoms. The largest absolute Gasteiger partial charge is 0.438 e. The van der Waals surface area contributed by atoms with E-state index in [1.165, 1.54) is 12.1 Å². The minimum Gasteiger partial charge on any atom is -0.438 e. The molecule has 13 heteroatoms. The van der Waals surface area contributed by atoms with Crippen LogP contribution in [0.1, 0.15) is 86.7 Å². The van der Waals surface area contributed by atoms with Crippen LogP contribution in [0.25, 0.3) is 0 Å². The van der Waals surface area contributed by atoms with E-state index >= 15 is 0 Å². The fraction of sp³-hybridized carbons (Fsp3) is 0.372. The summed E-state index contributed by atoms with van der Waals surface area (Å²) in [5.41, 5.74) is 6.95. The molecule has 2 saturated heterocycles. The molecule has 0 saturated carbocycles. The second-order valence-electron chi connectivity index (χ2n) is 14.2. The molecule has 3 amide bonds. The number of halogens is 3. The minimum atomic E-state index is -0.990. The molecule has 298 valence electrons. The number of hydrogen-bond donors (Lipinski definition) is 3. The van der Waals surface area contributed by atoms with E-state index in [4.69, 9.17) is 15.2 Å². The van der Waals surface area contributed by atoms with Crippen LogP contribution in [-0.4, -0.2) is 63.9 Å². The Hall–Kier alpha value is -4.30. The number of ether oxygens (including phenoxy) is 2. The van der Waals surface area contributed by atoms with Gasteiger partial charge in [0.15, 0.2) is 0 Å². The van der Waals surface area contributed by atoms with Gasteiger partial charge >= 0.3 is 12.2 Å². The third-order valence-corrected chi connectivity index (χ3v) is 11.7. The first-order valence-corrected chi connectivity index (χ1v) is 20.3. The van der Waals surface area contributed by atoms with Gasteiger partial charge in [0.2, 0.25) is 5.91 Å².